The lowest BCUT2D eigenvalue weighted by Gasteiger charge is -2.54. The second-order valence-corrected chi connectivity index (χ2v) is 33.8. The molecule has 2 heterocycles. The van der Waals surface area contributed by atoms with Crippen molar-refractivity contribution in [1.29, 1.82) is 0 Å². The Morgan fingerprint density at radius 3 is 1.80 bits per heavy atom. The summed E-state index contributed by atoms with van der Waals surface area (Å²) >= 11 is 0. The van der Waals surface area contributed by atoms with Gasteiger partial charge in [0.25, 0.3) is 0 Å². The molecular weight excluding hydrogens is 671 g/mol. The van der Waals surface area contributed by atoms with Gasteiger partial charge in [0.2, 0.25) is 0 Å². The van der Waals surface area contributed by atoms with Crippen LogP contribution in [0.15, 0.2) is 36.9 Å². The quantitative estimate of drug-likeness (QED) is 0.135. The van der Waals surface area contributed by atoms with Crippen LogP contribution in [0, 0.1) is 5.92 Å². The maximum absolute atomic E-state index is 7.52. The highest BCUT2D eigenvalue weighted by Gasteiger charge is 2.52. The van der Waals surface area contributed by atoms with E-state index in [1.54, 1.807) is 17.3 Å². The molecule has 50 heavy (non-hydrogen) atoms. The molecule has 0 unspecified atom stereocenters. The Kier molecular flexibility index (Phi) is 14.4. The molecule has 1 aromatic carbocycles. The molecule has 2 aromatic rings. The number of anilines is 1. The van der Waals surface area contributed by atoms with E-state index in [9.17, 15) is 0 Å². The van der Waals surface area contributed by atoms with Crippen molar-refractivity contribution in [2.24, 2.45) is 5.92 Å². The Hall–Kier alpha value is -1.35. The van der Waals surface area contributed by atoms with Gasteiger partial charge < -0.3 is 18.6 Å². The zero-order chi connectivity index (χ0) is 37.8. The number of hydrogen-bond donors (Lipinski definition) is 1. The van der Waals surface area contributed by atoms with E-state index in [2.05, 4.69) is 153 Å². The Bertz CT molecular complexity index is 1300. The zero-order valence-corrected chi connectivity index (χ0v) is 37.9. The molecule has 3 rings (SSSR count). The minimum Gasteiger partial charge on any atom is -0.415 e. The van der Waals surface area contributed by atoms with Crippen LogP contribution in [0.1, 0.15) is 94.9 Å². The molecule has 286 valence electrons. The van der Waals surface area contributed by atoms with Crippen LogP contribution in [-0.4, -0.2) is 89.1 Å². The van der Waals surface area contributed by atoms with Gasteiger partial charge in [-0.05, 0) is 104 Å². The van der Waals surface area contributed by atoms with E-state index < -0.39 is 25.0 Å². The van der Waals surface area contributed by atoms with Crippen molar-refractivity contribution in [2.75, 3.05) is 31.6 Å². The molecule has 1 fully saturated rings. The molecule has 11 heteroatoms. The third-order valence-electron chi connectivity index (χ3n) is 12.4. The van der Waals surface area contributed by atoms with Gasteiger partial charge in [-0.15, -0.1) is 0 Å². The van der Waals surface area contributed by atoms with E-state index >= 15 is 0 Å². The zero-order valence-electron chi connectivity index (χ0n) is 34.9. The SMILES string of the molecule is C[C@H]1CN(CCCCCCNc2ccc(-n3cncn3)cc2)[C@H](CO[Si](C)(C)C(C)(C)C)[C@@H](O[Si](C)(C)C(C)(C)C)[C@@H]1O[Si](C)(C)C(C)(C)C. The minimum atomic E-state index is -2.12. The topological polar surface area (TPSA) is 73.7 Å². The fraction of sp³-hybridized carbons (Fsp3) is 0.795. The van der Waals surface area contributed by atoms with Crippen molar-refractivity contribution in [3.63, 3.8) is 0 Å². The summed E-state index contributed by atoms with van der Waals surface area (Å²) in [6, 6.07) is 8.56. The monoisotopic (exact) mass is 746 g/mol. The van der Waals surface area contributed by atoms with Gasteiger partial charge in [-0.3, -0.25) is 4.90 Å². The molecule has 0 radical (unpaired) electrons. The molecule has 0 aliphatic carbocycles. The van der Waals surface area contributed by atoms with Crippen LogP contribution < -0.4 is 5.32 Å². The number of aromatic nitrogens is 3. The van der Waals surface area contributed by atoms with Crippen molar-refractivity contribution >= 4 is 30.6 Å². The maximum atomic E-state index is 7.52. The van der Waals surface area contributed by atoms with Crippen molar-refractivity contribution < 1.29 is 13.3 Å². The predicted octanol–water partition coefficient (Wildman–Crippen LogP) is 10.4. The standard InChI is InChI=1S/C39H75N5O3Si3/c1-31-27-43(26-20-18-17-19-25-41-32-21-23-33(24-22-32)44-30-40-29-42-44)34(28-45-48(11,12)37(2,3)4)36(47-50(15,16)39(8,9)10)35(31)46-49(13,14)38(5,6)7/h21-24,29-31,34-36,41H,17-20,25-28H2,1-16H3/t31-,34+,35+,36+/m0/s1. The number of nitrogens with zero attached hydrogens (tertiary/aromatic N) is 4. The summed E-state index contributed by atoms with van der Waals surface area (Å²) in [5.41, 5.74) is 2.16. The van der Waals surface area contributed by atoms with Gasteiger partial charge in [-0.2, -0.15) is 5.10 Å². The third kappa shape index (κ3) is 11.3. The Morgan fingerprint density at radius 1 is 0.740 bits per heavy atom. The second kappa shape index (κ2) is 16.8. The number of rotatable bonds is 16. The van der Waals surface area contributed by atoms with Gasteiger partial charge in [-0.25, -0.2) is 9.67 Å². The highest BCUT2D eigenvalue weighted by atomic mass is 28.4. The second-order valence-electron chi connectivity index (χ2n) is 19.5. The molecule has 8 nitrogen and oxygen atoms in total. The van der Waals surface area contributed by atoms with Crippen molar-refractivity contribution in [3.8, 4) is 5.69 Å². The highest BCUT2D eigenvalue weighted by Crippen LogP contribution is 2.44. The summed E-state index contributed by atoms with van der Waals surface area (Å²) in [4.78, 5) is 6.77. The number of nitrogens with one attached hydrogen (secondary N) is 1. The van der Waals surface area contributed by atoms with Crippen molar-refractivity contribution in [1.82, 2.24) is 19.7 Å². The van der Waals surface area contributed by atoms with E-state index in [0.29, 0.717) is 12.5 Å². The summed E-state index contributed by atoms with van der Waals surface area (Å²) in [7, 11) is -6.14. The van der Waals surface area contributed by atoms with Crippen LogP contribution >= 0.6 is 0 Å². The van der Waals surface area contributed by atoms with Crippen LogP contribution in [0.25, 0.3) is 5.69 Å². The molecule has 1 N–H and O–H groups in total. The normalized spacial score (nSPS) is 21.8. The van der Waals surface area contributed by atoms with Crippen molar-refractivity contribution in [3.05, 3.63) is 36.9 Å². The van der Waals surface area contributed by atoms with Gasteiger partial charge in [0.1, 0.15) is 12.7 Å². The molecule has 4 atom stereocenters. The first-order chi connectivity index (χ1) is 22.9. The number of benzene rings is 1. The van der Waals surface area contributed by atoms with E-state index in [0.717, 1.165) is 37.4 Å². The lowest BCUT2D eigenvalue weighted by atomic mass is 9.88. The van der Waals surface area contributed by atoms with Gasteiger partial charge in [0, 0.05) is 18.8 Å². The van der Waals surface area contributed by atoms with Crippen LogP contribution in [0.2, 0.25) is 54.4 Å². The smallest absolute Gasteiger partial charge is 0.192 e. The first-order valence-corrected chi connectivity index (χ1v) is 28.0. The Labute approximate surface area is 310 Å². The van der Waals surface area contributed by atoms with Crippen LogP contribution in [-0.2, 0) is 13.3 Å². The van der Waals surface area contributed by atoms with E-state index in [1.807, 2.05) is 0 Å². The fourth-order valence-corrected chi connectivity index (χ4v) is 9.54. The van der Waals surface area contributed by atoms with Crippen LogP contribution in [0.5, 0.6) is 0 Å². The number of hydrogen-bond acceptors (Lipinski definition) is 7. The first-order valence-electron chi connectivity index (χ1n) is 19.3. The average Bonchev–Trinajstić information content (AvgIpc) is 3.52. The largest absolute Gasteiger partial charge is 0.415 e. The van der Waals surface area contributed by atoms with Gasteiger partial charge in [0.05, 0.1) is 30.5 Å². The van der Waals surface area contributed by atoms with E-state index in [4.69, 9.17) is 13.3 Å². The summed E-state index contributed by atoms with van der Waals surface area (Å²) < 4.78 is 23.8. The molecule has 0 bridgehead atoms. The third-order valence-corrected chi connectivity index (χ3v) is 25.9. The van der Waals surface area contributed by atoms with Crippen LogP contribution in [0.3, 0.4) is 0 Å². The van der Waals surface area contributed by atoms with Gasteiger partial charge in [0.15, 0.2) is 25.0 Å². The lowest BCUT2D eigenvalue weighted by Crippen LogP contribution is -2.66. The fourth-order valence-electron chi connectivity index (χ4n) is 5.79. The summed E-state index contributed by atoms with van der Waals surface area (Å²) in [5.74, 6) is 0.378. The number of unbranched alkanes of at least 4 members (excludes halogenated alkanes) is 3. The number of likely N-dealkylation sites (tertiary alicyclic amines) is 1. The highest BCUT2D eigenvalue weighted by molar-refractivity contribution is 6.75. The molecule has 0 saturated carbocycles. The van der Waals surface area contributed by atoms with E-state index in [-0.39, 0.29) is 33.4 Å². The van der Waals surface area contributed by atoms with Crippen molar-refractivity contribution in [2.45, 2.75) is 168 Å². The minimum absolute atomic E-state index is 0.0151. The van der Waals surface area contributed by atoms with Gasteiger partial charge in [-0.1, -0.05) is 82.1 Å². The molecule has 0 spiro atoms. The average molecular weight is 746 g/mol. The summed E-state index contributed by atoms with van der Waals surface area (Å²) in [6.45, 7) is 41.7. The lowest BCUT2D eigenvalue weighted by molar-refractivity contribution is -0.101. The first kappa shape index (κ1) is 43.1. The summed E-state index contributed by atoms with van der Waals surface area (Å²) in [6.07, 6.45) is 8.08. The molecule has 0 amide bonds. The molecule has 1 aromatic heterocycles. The Morgan fingerprint density at radius 2 is 1.28 bits per heavy atom. The Balaban J connectivity index is 1.73. The molecule has 1 aliphatic rings. The van der Waals surface area contributed by atoms with E-state index in [1.165, 1.54) is 19.3 Å². The predicted molar refractivity (Wildman–Crippen MR) is 220 cm³/mol. The molecule has 1 saturated heterocycles. The molecular formula is C39H75N5O3Si3. The number of piperidine rings is 1. The summed E-state index contributed by atoms with van der Waals surface area (Å²) in [5, 5.41) is 8.21. The van der Waals surface area contributed by atoms with Gasteiger partial charge >= 0.3 is 0 Å². The maximum Gasteiger partial charge on any atom is 0.192 e. The molecule has 1 aliphatic heterocycles. The van der Waals surface area contributed by atoms with Crippen LogP contribution in [0.4, 0.5) is 5.69 Å².